The normalized spacial score (nSPS) is 9.50. The average Bonchev–Trinajstić information content (AvgIpc) is 3.03. The van der Waals surface area contributed by atoms with E-state index in [9.17, 15) is 0 Å². The maximum atomic E-state index is 3.33. The molecule has 0 aromatic heterocycles. The summed E-state index contributed by atoms with van der Waals surface area (Å²) in [6, 6.07) is 21.3. The first kappa shape index (κ1) is 27.4. The molecule has 0 aliphatic rings. The first-order valence-electron chi connectivity index (χ1n) is 8.45. The van der Waals surface area contributed by atoms with Gasteiger partial charge in [0.2, 0.25) is 0 Å². The summed E-state index contributed by atoms with van der Waals surface area (Å²) in [6.07, 6.45) is 0. The Bertz CT molecular complexity index is 694. The summed E-state index contributed by atoms with van der Waals surface area (Å²) in [4.78, 5) is 0. The van der Waals surface area contributed by atoms with Gasteiger partial charge in [0.25, 0.3) is 0 Å². The van der Waals surface area contributed by atoms with Crippen molar-refractivity contribution in [1.29, 1.82) is 0 Å². The summed E-state index contributed by atoms with van der Waals surface area (Å²) < 4.78 is 0. The van der Waals surface area contributed by atoms with Crippen LogP contribution in [0.1, 0.15) is 50.7 Å². The summed E-state index contributed by atoms with van der Waals surface area (Å²) in [5.41, 5.74) is 4.15. The Kier molecular flexibility index (Phi) is 14.0. The van der Waals surface area contributed by atoms with Crippen LogP contribution in [0, 0.1) is 0 Å². The number of hydrogen-bond acceptors (Lipinski definition) is 1. The number of hydrogen-bond donors (Lipinski definition) is 1. The third-order valence-electron chi connectivity index (χ3n) is 4.17. The van der Waals surface area contributed by atoms with Crippen molar-refractivity contribution in [3.63, 3.8) is 0 Å². The number of halogens is 2. The fraction of sp³-hybridized carbons (Fsp3) is 0.318. The van der Waals surface area contributed by atoms with Crippen molar-refractivity contribution in [2.24, 2.45) is 0 Å². The van der Waals surface area contributed by atoms with Crippen LogP contribution in [0.25, 0.3) is 10.8 Å². The maximum Gasteiger partial charge on any atom is 3.00 e. The Morgan fingerprint density at radius 1 is 0.769 bits per heavy atom. The minimum atomic E-state index is 0. The second-order valence-corrected chi connectivity index (χ2v) is 6.53. The van der Waals surface area contributed by atoms with E-state index in [0.29, 0.717) is 11.8 Å². The molecule has 0 aliphatic heterocycles. The number of nitrogens with one attached hydrogen (secondary N) is 1. The molecule has 0 heterocycles. The quantitative estimate of drug-likeness (QED) is 0.478. The van der Waals surface area contributed by atoms with Crippen molar-refractivity contribution in [2.75, 3.05) is 12.4 Å². The van der Waals surface area contributed by atoms with Crippen molar-refractivity contribution in [1.82, 2.24) is 0 Å². The predicted octanol–water partition coefficient (Wildman–Crippen LogP) is 0.539. The number of benzene rings is 2. The minimum absolute atomic E-state index is 0. The molecule has 0 atom stereocenters. The Morgan fingerprint density at radius 3 is 1.77 bits per heavy atom. The molecule has 0 saturated carbocycles. The van der Waals surface area contributed by atoms with Gasteiger partial charge in [0.15, 0.2) is 0 Å². The van der Waals surface area contributed by atoms with Crippen molar-refractivity contribution in [3.05, 3.63) is 71.8 Å². The zero-order valence-corrected chi connectivity index (χ0v) is 19.3. The van der Waals surface area contributed by atoms with Crippen LogP contribution in [0.5, 0.6) is 0 Å². The molecule has 0 fully saturated rings. The van der Waals surface area contributed by atoms with E-state index in [-0.39, 0.29) is 46.5 Å². The van der Waals surface area contributed by atoms with Crippen molar-refractivity contribution < 1.29 is 46.5 Å². The molecule has 0 amide bonds. The van der Waals surface area contributed by atoms with Crippen LogP contribution in [-0.4, -0.2) is 7.05 Å². The Labute approximate surface area is 186 Å². The standard InChI is InChI=1S/C13H21N.C9H7.2ClH.Ti/c1-9(2)11-7-6-8-12(10(3)4)13(11)14-5;1-2-5-9-7-3-6-8(9)4-1;;;/h6-10,14H,1-5H3;1-7H;2*1H;/q;-1;;;+3/p-2. The molecule has 0 bridgehead atoms. The second-order valence-electron chi connectivity index (χ2n) is 6.53. The molecule has 3 rings (SSSR count). The molecule has 139 valence electrons. The maximum absolute atomic E-state index is 3.33. The van der Waals surface area contributed by atoms with Crippen LogP contribution in [0.2, 0.25) is 0 Å². The fourth-order valence-corrected chi connectivity index (χ4v) is 2.91. The van der Waals surface area contributed by atoms with Crippen LogP contribution >= 0.6 is 0 Å². The van der Waals surface area contributed by atoms with Crippen LogP contribution in [0.15, 0.2) is 60.7 Å². The van der Waals surface area contributed by atoms with Gasteiger partial charge in [-0.1, -0.05) is 52.0 Å². The van der Waals surface area contributed by atoms with Gasteiger partial charge in [-0.25, -0.2) is 0 Å². The molecule has 26 heavy (non-hydrogen) atoms. The van der Waals surface area contributed by atoms with E-state index in [2.05, 4.69) is 93.7 Å². The fourth-order valence-electron chi connectivity index (χ4n) is 2.91. The third-order valence-corrected chi connectivity index (χ3v) is 4.17. The molecular weight excluding hydrogens is 397 g/mol. The topological polar surface area (TPSA) is 12.0 Å². The summed E-state index contributed by atoms with van der Waals surface area (Å²) >= 11 is 0. The zero-order chi connectivity index (χ0) is 16.8. The van der Waals surface area contributed by atoms with Gasteiger partial charge in [0.1, 0.15) is 0 Å². The van der Waals surface area contributed by atoms with Gasteiger partial charge in [-0.05, 0) is 23.0 Å². The second kappa shape index (κ2) is 13.3. The molecule has 1 N–H and O–H groups in total. The van der Waals surface area contributed by atoms with Gasteiger partial charge in [-0.2, -0.15) is 17.5 Å². The molecule has 4 heteroatoms. The summed E-state index contributed by atoms with van der Waals surface area (Å²) in [5.74, 6) is 1.16. The van der Waals surface area contributed by atoms with E-state index in [4.69, 9.17) is 0 Å². The van der Waals surface area contributed by atoms with E-state index in [1.54, 1.807) is 0 Å². The zero-order valence-electron chi connectivity index (χ0n) is 16.2. The SMILES string of the molecule is CNc1c(C(C)C)cccc1C(C)C.[Cl-].[Cl-].[Ti+3].c1ccc2[cH-]ccc2c1. The summed E-state index contributed by atoms with van der Waals surface area (Å²) in [7, 11) is 2.01. The van der Waals surface area contributed by atoms with Crippen LogP contribution in [0.3, 0.4) is 0 Å². The van der Waals surface area contributed by atoms with Gasteiger partial charge in [-0.3, -0.25) is 0 Å². The van der Waals surface area contributed by atoms with Crippen molar-refractivity contribution >= 4 is 16.5 Å². The van der Waals surface area contributed by atoms with E-state index in [1.807, 2.05) is 7.05 Å². The van der Waals surface area contributed by atoms with Gasteiger partial charge < -0.3 is 30.1 Å². The number of rotatable bonds is 3. The van der Waals surface area contributed by atoms with E-state index in [1.165, 1.54) is 27.6 Å². The number of fused-ring (bicyclic) bond motifs is 1. The van der Waals surface area contributed by atoms with Crippen LogP contribution in [-0.2, 0) is 21.7 Å². The molecular formula is C22H28Cl2NTi. The molecule has 3 aromatic rings. The third kappa shape index (κ3) is 7.04. The van der Waals surface area contributed by atoms with Crippen LogP contribution < -0.4 is 30.1 Å². The monoisotopic (exact) mass is 424 g/mol. The van der Waals surface area contributed by atoms with E-state index in [0.717, 1.165) is 0 Å². The van der Waals surface area contributed by atoms with Gasteiger partial charge in [0, 0.05) is 12.7 Å². The molecule has 0 saturated heterocycles. The van der Waals surface area contributed by atoms with Gasteiger partial charge in [0.05, 0.1) is 0 Å². The average molecular weight is 425 g/mol. The largest absolute Gasteiger partial charge is 3.00 e. The van der Waals surface area contributed by atoms with Crippen molar-refractivity contribution in [2.45, 2.75) is 39.5 Å². The van der Waals surface area contributed by atoms with E-state index >= 15 is 0 Å². The Hall–Kier alpha value is -0.856. The Balaban J connectivity index is 0. The molecule has 0 aliphatic carbocycles. The number of anilines is 1. The Morgan fingerprint density at radius 2 is 1.31 bits per heavy atom. The molecule has 3 aromatic carbocycles. The van der Waals surface area contributed by atoms with E-state index < -0.39 is 0 Å². The van der Waals surface area contributed by atoms with Crippen LogP contribution in [0.4, 0.5) is 5.69 Å². The molecule has 1 radical (unpaired) electrons. The summed E-state index contributed by atoms with van der Waals surface area (Å²) in [6.45, 7) is 8.95. The smallest absolute Gasteiger partial charge is 1.00 e. The molecule has 1 nitrogen and oxygen atoms in total. The van der Waals surface area contributed by atoms with Gasteiger partial charge >= 0.3 is 21.7 Å². The first-order valence-corrected chi connectivity index (χ1v) is 8.45. The van der Waals surface area contributed by atoms with Gasteiger partial charge in [-0.15, -0.1) is 29.7 Å². The predicted molar refractivity (Wildman–Crippen MR) is 104 cm³/mol. The van der Waals surface area contributed by atoms with Crippen molar-refractivity contribution in [3.8, 4) is 0 Å². The molecule has 0 unspecified atom stereocenters. The summed E-state index contributed by atoms with van der Waals surface area (Å²) in [5, 5.41) is 5.99. The minimum Gasteiger partial charge on any atom is -1.00 e. The number of para-hydroxylation sites is 1. The molecule has 0 spiro atoms. The first-order chi connectivity index (χ1) is 11.0.